The molecule has 0 radical (unpaired) electrons. The van der Waals surface area contributed by atoms with Crippen molar-refractivity contribution in [3.05, 3.63) is 0 Å². The predicted octanol–water partition coefficient (Wildman–Crippen LogP) is -0.0180. The fourth-order valence-electron chi connectivity index (χ4n) is 2.71. The Morgan fingerprint density at radius 3 is 2.58 bits per heavy atom. The summed E-state index contributed by atoms with van der Waals surface area (Å²) in [5, 5.41) is 15.0. The lowest BCUT2D eigenvalue weighted by molar-refractivity contribution is -0.143. The average molecular weight is 270 g/mol. The molecular formula is C13H22N2O4. The van der Waals surface area contributed by atoms with Gasteiger partial charge in [-0.25, -0.2) is 0 Å². The van der Waals surface area contributed by atoms with E-state index in [0.29, 0.717) is 25.6 Å². The first-order chi connectivity index (χ1) is 9.16. The minimum absolute atomic E-state index is 0.0624. The van der Waals surface area contributed by atoms with Crippen LogP contribution in [0.25, 0.3) is 0 Å². The number of morpholine rings is 1. The Balaban J connectivity index is 1.66. The van der Waals surface area contributed by atoms with E-state index in [-0.39, 0.29) is 17.9 Å². The molecule has 2 fully saturated rings. The Labute approximate surface area is 112 Å². The van der Waals surface area contributed by atoms with Crippen molar-refractivity contribution in [3.8, 4) is 0 Å². The van der Waals surface area contributed by atoms with Crippen LogP contribution in [0.2, 0.25) is 0 Å². The first-order valence-corrected chi connectivity index (χ1v) is 6.99. The third-order valence-corrected chi connectivity index (χ3v) is 3.98. The number of hydrogen-bond donors (Lipinski definition) is 3. The summed E-state index contributed by atoms with van der Waals surface area (Å²) in [7, 11) is 0. The molecule has 0 aromatic carbocycles. The number of ether oxygens (including phenoxy) is 1. The molecule has 1 saturated heterocycles. The summed E-state index contributed by atoms with van der Waals surface area (Å²) in [5.74, 6) is -0.550. The van der Waals surface area contributed by atoms with Crippen LogP contribution in [0.3, 0.4) is 0 Å². The monoisotopic (exact) mass is 270 g/mol. The fourth-order valence-corrected chi connectivity index (χ4v) is 2.71. The van der Waals surface area contributed by atoms with Gasteiger partial charge in [-0.2, -0.15) is 0 Å². The first kappa shape index (κ1) is 14.3. The molecular weight excluding hydrogens is 248 g/mol. The number of nitrogens with one attached hydrogen (secondary N) is 2. The van der Waals surface area contributed by atoms with E-state index in [1.807, 2.05) is 0 Å². The summed E-state index contributed by atoms with van der Waals surface area (Å²) in [6, 6.07) is 0. The molecule has 1 heterocycles. The minimum Gasteiger partial charge on any atom is -0.481 e. The molecule has 108 valence electrons. The van der Waals surface area contributed by atoms with Crippen molar-refractivity contribution in [1.29, 1.82) is 0 Å². The fraction of sp³-hybridized carbons (Fsp3) is 0.846. The van der Waals surface area contributed by atoms with Gasteiger partial charge in [0.05, 0.1) is 12.5 Å². The number of aliphatic carboxylic acids is 1. The van der Waals surface area contributed by atoms with E-state index in [0.717, 1.165) is 32.2 Å². The zero-order valence-corrected chi connectivity index (χ0v) is 11.1. The molecule has 1 aliphatic heterocycles. The zero-order chi connectivity index (χ0) is 13.7. The number of carbonyl (C=O) groups is 2. The summed E-state index contributed by atoms with van der Waals surface area (Å²) in [4.78, 5) is 22.7. The van der Waals surface area contributed by atoms with Crippen LogP contribution in [0.4, 0.5) is 0 Å². The standard InChI is InChI=1S/C13H22N2O4/c16-12(11-8-14-5-6-19-11)15-7-9-1-3-10(4-2-9)13(17)18/h9-11,14H,1-8H2,(H,15,16)(H,17,18). The van der Waals surface area contributed by atoms with E-state index < -0.39 is 5.97 Å². The van der Waals surface area contributed by atoms with Gasteiger partial charge in [0.15, 0.2) is 0 Å². The van der Waals surface area contributed by atoms with E-state index in [2.05, 4.69) is 10.6 Å². The summed E-state index contributed by atoms with van der Waals surface area (Å²) >= 11 is 0. The maximum atomic E-state index is 11.8. The zero-order valence-electron chi connectivity index (χ0n) is 11.1. The van der Waals surface area contributed by atoms with Crippen LogP contribution in [-0.4, -0.2) is 49.3 Å². The second-order valence-corrected chi connectivity index (χ2v) is 5.36. The number of carboxylic acid groups (broad SMARTS) is 1. The summed E-state index contributed by atoms with van der Waals surface area (Å²) in [5.41, 5.74) is 0. The molecule has 0 spiro atoms. The summed E-state index contributed by atoms with van der Waals surface area (Å²) < 4.78 is 5.38. The van der Waals surface area contributed by atoms with E-state index >= 15 is 0 Å². The highest BCUT2D eigenvalue weighted by Gasteiger charge is 2.27. The molecule has 0 bridgehead atoms. The second kappa shape index (κ2) is 6.86. The van der Waals surface area contributed by atoms with E-state index in [1.165, 1.54) is 0 Å². The predicted molar refractivity (Wildman–Crippen MR) is 68.7 cm³/mol. The number of hydrogen-bond acceptors (Lipinski definition) is 4. The van der Waals surface area contributed by atoms with Crippen molar-refractivity contribution in [2.24, 2.45) is 11.8 Å². The first-order valence-electron chi connectivity index (χ1n) is 6.99. The Bertz CT molecular complexity index is 321. The van der Waals surface area contributed by atoms with Crippen LogP contribution in [0.15, 0.2) is 0 Å². The van der Waals surface area contributed by atoms with Crippen LogP contribution >= 0.6 is 0 Å². The third-order valence-electron chi connectivity index (χ3n) is 3.98. The largest absolute Gasteiger partial charge is 0.481 e. The molecule has 19 heavy (non-hydrogen) atoms. The van der Waals surface area contributed by atoms with Gasteiger partial charge in [-0.05, 0) is 31.6 Å². The normalized spacial score (nSPS) is 31.7. The molecule has 2 rings (SSSR count). The highest BCUT2D eigenvalue weighted by Crippen LogP contribution is 2.28. The van der Waals surface area contributed by atoms with Crippen molar-refractivity contribution >= 4 is 11.9 Å². The highest BCUT2D eigenvalue weighted by molar-refractivity contribution is 5.81. The Hall–Kier alpha value is -1.14. The maximum absolute atomic E-state index is 11.8. The Morgan fingerprint density at radius 2 is 2.00 bits per heavy atom. The van der Waals surface area contributed by atoms with Gasteiger partial charge in [-0.1, -0.05) is 0 Å². The van der Waals surface area contributed by atoms with Crippen molar-refractivity contribution in [2.45, 2.75) is 31.8 Å². The van der Waals surface area contributed by atoms with Crippen LogP contribution in [0.1, 0.15) is 25.7 Å². The average Bonchev–Trinajstić information content (AvgIpc) is 2.46. The molecule has 0 aromatic rings. The molecule has 1 atom stereocenters. The Morgan fingerprint density at radius 1 is 1.26 bits per heavy atom. The van der Waals surface area contributed by atoms with Gasteiger partial charge in [0, 0.05) is 19.6 Å². The third kappa shape index (κ3) is 4.18. The van der Waals surface area contributed by atoms with Crippen LogP contribution < -0.4 is 10.6 Å². The van der Waals surface area contributed by atoms with Gasteiger partial charge in [-0.3, -0.25) is 9.59 Å². The van der Waals surface area contributed by atoms with Gasteiger partial charge < -0.3 is 20.5 Å². The topological polar surface area (TPSA) is 87.7 Å². The lowest BCUT2D eigenvalue weighted by Gasteiger charge is -2.27. The van der Waals surface area contributed by atoms with Crippen molar-refractivity contribution in [1.82, 2.24) is 10.6 Å². The van der Waals surface area contributed by atoms with Crippen LogP contribution in [-0.2, 0) is 14.3 Å². The quantitative estimate of drug-likeness (QED) is 0.668. The van der Waals surface area contributed by atoms with Crippen LogP contribution in [0, 0.1) is 11.8 Å². The number of rotatable bonds is 4. The van der Waals surface area contributed by atoms with Gasteiger partial charge in [0.2, 0.25) is 5.91 Å². The molecule has 1 unspecified atom stereocenters. The lowest BCUT2D eigenvalue weighted by atomic mass is 9.82. The van der Waals surface area contributed by atoms with Crippen LogP contribution in [0.5, 0.6) is 0 Å². The van der Waals surface area contributed by atoms with Gasteiger partial charge >= 0.3 is 5.97 Å². The van der Waals surface area contributed by atoms with Crippen molar-refractivity contribution in [3.63, 3.8) is 0 Å². The molecule has 1 saturated carbocycles. The molecule has 6 nitrogen and oxygen atoms in total. The molecule has 0 aromatic heterocycles. The smallest absolute Gasteiger partial charge is 0.306 e. The van der Waals surface area contributed by atoms with E-state index in [1.54, 1.807) is 0 Å². The lowest BCUT2D eigenvalue weighted by Crippen LogP contribution is -2.48. The molecule has 3 N–H and O–H groups in total. The SMILES string of the molecule is O=C(O)C1CCC(CNC(=O)C2CNCCO2)CC1. The number of carboxylic acids is 1. The van der Waals surface area contributed by atoms with Gasteiger partial charge in [-0.15, -0.1) is 0 Å². The van der Waals surface area contributed by atoms with Gasteiger partial charge in [0.1, 0.15) is 6.10 Å². The summed E-state index contributed by atoms with van der Waals surface area (Å²) in [6.45, 7) is 2.56. The second-order valence-electron chi connectivity index (χ2n) is 5.36. The molecule has 6 heteroatoms. The molecule has 1 amide bonds. The highest BCUT2D eigenvalue weighted by atomic mass is 16.5. The molecule has 2 aliphatic rings. The van der Waals surface area contributed by atoms with Crippen molar-refractivity contribution < 1.29 is 19.4 Å². The van der Waals surface area contributed by atoms with E-state index in [9.17, 15) is 9.59 Å². The minimum atomic E-state index is -0.691. The number of carbonyl (C=O) groups excluding carboxylic acids is 1. The maximum Gasteiger partial charge on any atom is 0.306 e. The molecule has 1 aliphatic carbocycles. The Kier molecular flexibility index (Phi) is 5.15. The van der Waals surface area contributed by atoms with Crippen molar-refractivity contribution in [2.75, 3.05) is 26.2 Å². The van der Waals surface area contributed by atoms with Gasteiger partial charge in [0.25, 0.3) is 0 Å². The summed E-state index contributed by atoms with van der Waals surface area (Å²) in [6.07, 6.45) is 2.81. The number of amides is 1. The van der Waals surface area contributed by atoms with E-state index in [4.69, 9.17) is 9.84 Å².